The second-order valence-electron chi connectivity index (χ2n) is 10.6. The molecule has 0 aromatic rings. The second kappa shape index (κ2) is 5.84. The Morgan fingerprint density at radius 1 is 1.18 bits per heavy atom. The van der Waals surface area contributed by atoms with E-state index in [0.717, 1.165) is 6.92 Å². The second-order valence-corrected chi connectivity index (χ2v) is 10.6. The third kappa shape index (κ3) is 1.96. The van der Waals surface area contributed by atoms with Crippen molar-refractivity contribution in [3.63, 3.8) is 0 Å². The molecule has 11 heteroatoms. The van der Waals surface area contributed by atoms with Crippen molar-refractivity contribution >= 4 is 17.7 Å². The van der Waals surface area contributed by atoms with Crippen LogP contribution in [0.2, 0.25) is 0 Å². The molecule has 3 aliphatic heterocycles. The molecule has 4 N–H and O–H groups in total. The zero-order chi connectivity index (χ0) is 23.9. The SMILES string of the molecule is CC(=O)O[C@H]1C(=O)O[C@@H]2C[C@@H]3C(C)=CC(=O)[C@@H](O)[C@]3(C)[C@H]3[C@@]4(O)OC[C@]32[C@]1(O)[C@]1(CO1)[C@H]4O. The summed E-state index contributed by atoms with van der Waals surface area (Å²) in [5, 5.41) is 46.8. The first kappa shape index (κ1) is 21.6. The highest BCUT2D eigenvalue weighted by atomic mass is 16.7. The lowest BCUT2D eigenvalue weighted by Crippen LogP contribution is -2.88. The molecule has 0 aromatic heterocycles. The van der Waals surface area contributed by atoms with E-state index in [0.29, 0.717) is 5.57 Å². The van der Waals surface area contributed by atoms with Crippen molar-refractivity contribution in [3.8, 4) is 0 Å². The van der Waals surface area contributed by atoms with Crippen molar-refractivity contribution in [2.45, 2.75) is 68.6 Å². The van der Waals surface area contributed by atoms with E-state index in [1.54, 1.807) is 13.8 Å². The Morgan fingerprint density at radius 2 is 1.85 bits per heavy atom. The van der Waals surface area contributed by atoms with Crippen LogP contribution < -0.4 is 0 Å². The summed E-state index contributed by atoms with van der Waals surface area (Å²) in [5.41, 5.74) is -6.66. The van der Waals surface area contributed by atoms with Crippen LogP contribution in [-0.4, -0.2) is 92.8 Å². The fourth-order valence-corrected chi connectivity index (χ4v) is 8.16. The molecule has 33 heavy (non-hydrogen) atoms. The van der Waals surface area contributed by atoms with E-state index in [9.17, 15) is 34.8 Å². The van der Waals surface area contributed by atoms with Crippen LogP contribution in [0.3, 0.4) is 0 Å². The Kier molecular flexibility index (Phi) is 3.83. The number of carbonyl (C=O) groups is 3. The van der Waals surface area contributed by atoms with Crippen molar-refractivity contribution in [1.82, 2.24) is 0 Å². The van der Waals surface area contributed by atoms with Gasteiger partial charge in [0.05, 0.1) is 18.6 Å². The first-order chi connectivity index (χ1) is 15.3. The van der Waals surface area contributed by atoms with E-state index in [-0.39, 0.29) is 19.6 Å². The summed E-state index contributed by atoms with van der Waals surface area (Å²) in [5.74, 6) is -6.59. The highest BCUT2D eigenvalue weighted by Gasteiger charge is 2.95. The van der Waals surface area contributed by atoms with E-state index in [2.05, 4.69) is 0 Å². The number of epoxide rings is 1. The lowest BCUT2D eigenvalue weighted by Gasteiger charge is -2.70. The largest absolute Gasteiger partial charge is 0.459 e. The van der Waals surface area contributed by atoms with Crippen LogP contribution >= 0.6 is 0 Å². The van der Waals surface area contributed by atoms with Crippen LogP contribution in [0.4, 0.5) is 0 Å². The number of rotatable bonds is 1. The molecule has 11 nitrogen and oxygen atoms in total. The zero-order valence-corrected chi connectivity index (χ0v) is 18.3. The van der Waals surface area contributed by atoms with E-state index in [1.165, 1.54) is 6.08 Å². The molecule has 11 atom stereocenters. The van der Waals surface area contributed by atoms with Gasteiger partial charge < -0.3 is 39.4 Å². The molecule has 3 aliphatic carbocycles. The standard InChI is InChI=1S/C22H26O11/c1-8-4-11(24)13(25)18(3)10(8)5-12-19-6-31-21(28,16(18)19)17(27)20(7-30-20)22(19,29)14(15(26)33-12)32-9(2)23/h4,10,12-14,16-17,25,27-29H,5-7H2,1-3H3/t10-,12-,13-,14+,16-,17-,18-,19-,20+,21-,22+/m1/s1. The van der Waals surface area contributed by atoms with Crippen LogP contribution in [-0.2, 0) is 33.3 Å². The third-order valence-electron chi connectivity index (χ3n) is 9.43. The van der Waals surface area contributed by atoms with Gasteiger partial charge in [0.1, 0.15) is 18.3 Å². The monoisotopic (exact) mass is 466 g/mol. The zero-order valence-electron chi connectivity index (χ0n) is 18.3. The molecule has 6 rings (SSSR count). The van der Waals surface area contributed by atoms with E-state index in [1.807, 2.05) is 0 Å². The smallest absolute Gasteiger partial charge is 0.350 e. The van der Waals surface area contributed by atoms with Crippen LogP contribution in [0.1, 0.15) is 27.2 Å². The molecule has 2 saturated carbocycles. The Hall–Kier alpha value is -1.89. The normalized spacial score (nSPS) is 58.2. The van der Waals surface area contributed by atoms with Crippen LogP contribution in [0.5, 0.6) is 0 Å². The summed E-state index contributed by atoms with van der Waals surface area (Å²) in [6.45, 7) is 3.77. The summed E-state index contributed by atoms with van der Waals surface area (Å²) in [7, 11) is 0. The maximum absolute atomic E-state index is 13.1. The third-order valence-corrected chi connectivity index (χ3v) is 9.43. The summed E-state index contributed by atoms with van der Waals surface area (Å²) in [6.07, 6.45) is -4.92. The van der Waals surface area contributed by atoms with Crippen LogP contribution in [0, 0.1) is 22.7 Å². The molecule has 0 unspecified atom stereocenters. The maximum Gasteiger partial charge on any atom is 0.350 e. The molecule has 0 amide bonds. The molecule has 0 radical (unpaired) electrons. The molecular weight excluding hydrogens is 440 g/mol. The number of aliphatic hydroxyl groups excluding tert-OH is 2. The van der Waals surface area contributed by atoms with Gasteiger partial charge in [0.25, 0.3) is 0 Å². The van der Waals surface area contributed by atoms with Gasteiger partial charge in [-0.1, -0.05) is 12.5 Å². The number of ketones is 1. The lowest BCUT2D eigenvalue weighted by atomic mass is 9.36. The van der Waals surface area contributed by atoms with Gasteiger partial charge in [-0.2, -0.15) is 0 Å². The van der Waals surface area contributed by atoms with Crippen molar-refractivity contribution in [2.24, 2.45) is 22.7 Å². The van der Waals surface area contributed by atoms with Gasteiger partial charge >= 0.3 is 11.9 Å². The Labute approximate surface area is 188 Å². The molecule has 3 saturated heterocycles. The molecule has 5 fully saturated rings. The van der Waals surface area contributed by atoms with E-state index >= 15 is 0 Å². The van der Waals surface area contributed by atoms with Gasteiger partial charge in [0, 0.05) is 18.3 Å². The maximum atomic E-state index is 13.1. The highest BCUT2D eigenvalue weighted by molar-refractivity contribution is 5.96. The van der Waals surface area contributed by atoms with Gasteiger partial charge in [-0.3, -0.25) is 9.59 Å². The van der Waals surface area contributed by atoms with E-state index in [4.69, 9.17) is 18.9 Å². The quantitative estimate of drug-likeness (QED) is 0.248. The minimum Gasteiger partial charge on any atom is -0.459 e. The van der Waals surface area contributed by atoms with Crippen LogP contribution in [0.15, 0.2) is 11.6 Å². The Balaban J connectivity index is 1.66. The summed E-state index contributed by atoms with van der Waals surface area (Å²) < 4.78 is 22.3. The first-order valence-electron chi connectivity index (χ1n) is 11.0. The minimum absolute atomic E-state index is 0.117. The average Bonchev–Trinajstić information content (AvgIpc) is 3.48. The molecular formula is C22H26O11. The van der Waals surface area contributed by atoms with Gasteiger partial charge in [-0.15, -0.1) is 0 Å². The van der Waals surface area contributed by atoms with Gasteiger partial charge in [-0.05, 0) is 25.3 Å². The summed E-state index contributed by atoms with van der Waals surface area (Å²) in [4.78, 5) is 37.7. The Bertz CT molecular complexity index is 1030. The molecule has 3 heterocycles. The predicted octanol–water partition coefficient (Wildman–Crippen LogP) is -2.04. The topological polar surface area (TPSA) is 172 Å². The summed E-state index contributed by atoms with van der Waals surface area (Å²) >= 11 is 0. The van der Waals surface area contributed by atoms with E-state index < -0.39 is 81.8 Å². The first-order valence-corrected chi connectivity index (χ1v) is 11.0. The van der Waals surface area contributed by atoms with Crippen molar-refractivity contribution < 1.29 is 53.8 Å². The number of allylic oxidation sites excluding steroid dienone is 1. The molecule has 6 aliphatic rings. The van der Waals surface area contributed by atoms with Gasteiger partial charge in [0.2, 0.25) is 6.10 Å². The number of hydrogen-bond acceptors (Lipinski definition) is 11. The number of aliphatic hydroxyl groups is 4. The van der Waals surface area contributed by atoms with Gasteiger partial charge in [-0.25, -0.2) is 4.79 Å². The van der Waals surface area contributed by atoms with Crippen molar-refractivity contribution in [3.05, 3.63) is 11.6 Å². The molecule has 0 aromatic carbocycles. The Morgan fingerprint density at radius 3 is 2.45 bits per heavy atom. The highest BCUT2D eigenvalue weighted by Crippen LogP contribution is 2.77. The minimum atomic E-state index is -2.36. The molecule has 2 spiro atoms. The van der Waals surface area contributed by atoms with Gasteiger partial charge in [0.15, 0.2) is 22.8 Å². The van der Waals surface area contributed by atoms with Crippen molar-refractivity contribution in [2.75, 3.05) is 13.2 Å². The van der Waals surface area contributed by atoms with Crippen LogP contribution in [0.25, 0.3) is 0 Å². The number of ether oxygens (including phenoxy) is 4. The predicted molar refractivity (Wildman–Crippen MR) is 103 cm³/mol. The lowest BCUT2D eigenvalue weighted by molar-refractivity contribution is -0.379. The number of esters is 2. The molecule has 2 bridgehead atoms. The average molecular weight is 466 g/mol. The number of fused-ring (bicyclic) bond motifs is 2. The number of hydrogen-bond donors (Lipinski definition) is 4. The van der Waals surface area contributed by atoms with Crippen molar-refractivity contribution in [1.29, 1.82) is 0 Å². The fourth-order valence-electron chi connectivity index (χ4n) is 8.16. The summed E-state index contributed by atoms with van der Waals surface area (Å²) in [6, 6.07) is 0. The fraction of sp³-hybridized carbons (Fsp3) is 0.773. The molecule has 180 valence electrons. The number of carbonyl (C=O) groups excluding carboxylic acids is 3.